The van der Waals surface area contributed by atoms with Gasteiger partial charge in [0.25, 0.3) is 0 Å². The first-order chi connectivity index (χ1) is 7.77. The van der Waals surface area contributed by atoms with Crippen molar-refractivity contribution in [2.24, 2.45) is 4.03 Å². The Kier molecular flexibility index (Phi) is 4.58. The lowest BCUT2D eigenvalue weighted by Crippen LogP contribution is -2.19. The van der Waals surface area contributed by atoms with Crippen LogP contribution in [0.5, 0.6) is 0 Å². The Morgan fingerprint density at radius 3 is 2.18 bits per heavy atom. The van der Waals surface area contributed by atoms with Gasteiger partial charge < -0.3 is 0 Å². The second-order valence-electron chi connectivity index (χ2n) is 4.75. The van der Waals surface area contributed by atoms with Gasteiger partial charge in [-0.1, -0.05) is 17.7 Å². The standard InChI is InChI=1S/C12H18ClNOSSi/c1-5-10-16(15,14-17(2,3)4)12-8-6-11(13)7-9-12/h5-10H,1-4H3/b10-5+. The van der Waals surface area contributed by atoms with E-state index in [0.717, 1.165) is 4.90 Å². The Morgan fingerprint density at radius 2 is 1.76 bits per heavy atom. The summed E-state index contributed by atoms with van der Waals surface area (Å²) in [6, 6.07) is 7.07. The van der Waals surface area contributed by atoms with E-state index in [0.29, 0.717) is 5.02 Å². The number of benzene rings is 1. The molecule has 94 valence electrons. The van der Waals surface area contributed by atoms with Gasteiger partial charge in [-0.25, -0.2) is 4.21 Å². The number of nitrogens with zero attached hydrogens (tertiary/aromatic N) is 1. The van der Waals surface area contributed by atoms with Crippen LogP contribution in [0.25, 0.3) is 0 Å². The molecule has 1 atom stereocenters. The third-order valence-electron chi connectivity index (χ3n) is 1.88. The van der Waals surface area contributed by atoms with Crippen LogP contribution in [0.15, 0.2) is 44.7 Å². The second-order valence-corrected chi connectivity index (χ2v) is 12.1. The molecular formula is C12H18ClNOSSi. The van der Waals surface area contributed by atoms with Gasteiger partial charge in [-0.15, -0.1) is 0 Å². The molecule has 0 radical (unpaired) electrons. The van der Waals surface area contributed by atoms with Crippen molar-refractivity contribution in [2.75, 3.05) is 0 Å². The third kappa shape index (κ3) is 4.30. The topological polar surface area (TPSA) is 29.4 Å². The fraction of sp³-hybridized carbons (Fsp3) is 0.333. The summed E-state index contributed by atoms with van der Waals surface area (Å²) in [5, 5.41) is 2.33. The molecule has 5 heteroatoms. The highest BCUT2D eigenvalue weighted by molar-refractivity contribution is 7.97. The maximum Gasteiger partial charge on any atom is 0.185 e. The van der Waals surface area contributed by atoms with Crippen molar-refractivity contribution in [2.45, 2.75) is 31.5 Å². The summed E-state index contributed by atoms with van der Waals surface area (Å²) in [7, 11) is -4.21. The van der Waals surface area contributed by atoms with Gasteiger partial charge in [0, 0.05) is 10.4 Å². The Bertz CT molecular complexity index is 522. The third-order valence-corrected chi connectivity index (χ3v) is 7.00. The number of hydrogen-bond acceptors (Lipinski definition) is 2. The van der Waals surface area contributed by atoms with Gasteiger partial charge in [0.2, 0.25) is 0 Å². The van der Waals surface area contributed by atoms with E-state index in [1.165, 1.54) is 0 Å². The van der Waals surface area contributed by atoms with E-state index in [2.05, 4.69) is 23.7 Å². The summed E-state index contributed by atoms with van der Waals surface area (Å²) in [6.45, 7) is 8.08. The summed E-state index contributed by atoms with van der Waals surface area (Å²) >= 11 is 5.84. The first kappa shape index (κ1) is 14.5. The minimum atomic E-state index is -2.44. The highest BCUT2D eigenvalue weighted by atomic mass is 35.5. The van der Waals surface area contributed by atoms with Gasteiger partial charge >= 0.3 is 0 Å². The first-order valence-corrected chi connectivity index (χ1v) is 10.8. The molecule has 0 amide bonds. The van der Waals surface area contributed by atoms with Crippen LogP contribution in [0.1, 0.15) is 6.92 Å². The van der Waals surface area contributed by atoms with Crippen LogP contribution in [0.2, 0.25) is 24.7 Å². The molecule has 2 nitrogen and oxygen atoms in total. The molecule has 0 saturated heterocycles. The first-order valence-electron chi connectivity index (χ1n) is 5.43. The molecule has 17 heavy (non-hydrogen) atoms. The molecule has 0 aliphatic rings. The quantitative estimate of drug-likeness (QED) is 0.751. The lowest BCUT2D eigenvalue weighted by atomic mass is 10.4. The van der Waals surface area contributed by atoms with Gasteiger partial charge in [0.15, 0.2) is 8.24 Å². The average Bonchev–Trinajstić information content (AvgIpc) is 2.15. The monoisotopic (exact) mass is 287 g/mol. The molecule has 0 N–H and O–H groups in total. The Balaban J connectivity index is 3.42. The zero-order valence-corrected chi connectivity index (χ0v) is 13.2. The normalized spacial score (nSPS) is 15.8. The van der Waals surface area contributed by atoms with Crippen molar-refractivity contribution in [3.05, 3.63) is 40.8 Å². The van der Waals surface area contributed by atoms with Crippen LogP contribution >= 0.6 is 11.6 Å². The number of allylic oxidation sites excluding steroid dienone is 1. The number of hydrogen-bond donors (Lipinski definition) is 0. The van der Waals surface area contributed by atoms with Crippen molar-refractivity contribution in [3.63, 3.8) is 0 Å². The fourth-order valence-corrected chi connectivity index (χ4v) is 6.48. The molecular weight excluding hydrogens is 270 g/mol. The van der Waals surface area contributed by atoms with Crippen LogP contribution in [0.4, 0.5) is 0 Å². The molecule has 0 saturated carbocycles. The minimum absolute atomic E-state index is 0.643. The molecule has 1 aromatic rings. The minimum Gasteiger partial charge on any atom is -0.271 e. The molecule has 0 aliphatic heterocycles. The molecule has 1 unspecified atom stereocenters. The van der Waals surface area contributed by atoms with Crippen molar-refractivity contribution in [1.29, 1.82) is 0 Å². The Labute approximate surface area is 110 Å². The summed E-state index contributed by atoms with van der Waals surface area (Å²) in [5.74, 6) is 0. The van der Waals surface area contributed by atoms with Gasteiger partial charge in [0.1, 0.15) is 0 Å². The van der Waals surface area contributed by atoms with E-state index in [1.54, 1.807) is 35.7 Å². The van der Waals surface area contributed by atoms with E-state index in [1.807, 2.05) is 6.92 Å². The molecule has 0 aromatic heterocycles. The van der Waals surface area contributed by atoms with E-state index in [9.17, 15) is 4.21 Å². The predicted octanol–water partition coefficient (Wildman–Crippen LogP) is 4.54. The summed E-state index contributed by atoms with van der Waals surface area (Å²) < 4.78 is 17.4. The SMILES string of the molecule is C/C=C/S(=O)(=N[Si](C)(C)C)c1ccc(Cl)cc1. The second kappa shape index (κ2) is 5.37. The van der Waals surface area contributed by atoms with Crippen molar-refractivity contribution >= 4 is 29.6 Å². The zero-order chi connectivity index (χ0) is 13.1. The number of halogens is 1. The van der Waals surface area contributed by atoms with E-state index in [-0.39, 0.29) is 0 Å². The lowest BCUT2D eigenvalue weighted by Gasteiger charge is -2.14. The van der Waals surface area contributed by atoms with Crippen LogP contribution in [0, 0.1) is 0 Å². The highest BCUT2D eigenvalue weighted by Gasteiger charge is 2.17. The Hall–Kier alpha value is -0.583. The summed E-state index contributed by atoms with van der Waals surface area (Å²) in [4.78, 5) is 0.724. The van der Waals surface area contributed by atoms with Gasteiger partial charge in [-0.05, 0) is 50.8 Å². The molecule has 0 heterocycles. The summed E-state index contributed by atoms with van der Waals surface area (Å²) in [6.07, 6.45) is 1.79. The average molecular weight is 288 g/mol. The molecule has 0 fully saturated rings. The Morgan fingerprint density at radius 1 is 1.24 bits per heavy atom. The molecule has 1 aromatic carbocycles. The van der Waals surface area contributed by atoms with E-state index >= 15 is 0 Å². The van der Waals surface area contributed by atoms with E-state index in [4.69, 9.17) is 11.6 Å². The predicted molar refractivity (Wildman–Crippen MR) is 78.4 cm³/mol. The van der Waals surface area contributed by atoms with Crippen LogP contribution < -0.4 is 0 Å². The molecule has 0 aliphatic carbocycles. The fourth-order valence-electron chi connectivity index (χ4n) is 1.38. The lowest BCUT2D eigenvalue weighted by molar-refractivity contribution is 0.683. The van der Waals surface area contributed by atoms with Crippen LogP contribution in [-0.4, -0.2) is 12.4 Å². The number of rotatable bonds is 3. The maximum absolute atomic E-state index is 12.9. The summed E-state index contributed by atoms with van der Waals surface area (Å²) in [5.41, 5.74) is 0. The highest BCUT2D eigenvalue weighted by Crippen LogP contribution is 2.21. The zero-order valence-electron chi connectivity index (χ0n) is 10.6. The maximum atomic E-state index is 12.9. The van der Waals surface area contributed by atoms with Crippen molar-refractivity contribution in [1.82, 2.24) is 0 Å². The van der Waals surface area contributed by atoms with Crippen LogP contribution in [0.3, 0.4) is 0 Å². The van der Waals surface area contributed by atoms with Gasteiger partial charge in [-0.3, -0.25) is 4.03 Å². The van der Waals surface area contributed by atoms with Gasteiger partial charge in [-0.2, -0.15) is 0 Å². The van der Waals surface area contributed by atoms with Crippen molar-refractivity contribution in [3.8, 4) is 0 Å². The molecule has 0 spiro atoms. The van der Waals surface area contributed by atoms with Crippen LogP contribution in [-0.2, 0) is 9.73 Å². The largest absolute Gasteiger partial charge is 0.271 e. The van der Waals surface area contributed by atoms with Crippen molar-refractivity contribution < 1.29 is 4.21 Å². The smallest absolute Gasteiger partial charge is 0.185 e. The molecule has 1 rings (SSSR count). The van der Waals surface area contributed by atoms with E-state index < -0.39 is 18.0 Å². The van der Waals surface area contributed by atoms with Gasteiger partial charge in [0.05, 0.1) is 14.6 Å². The molecule has 0 bridgehead atoms.